The van der Waals surface area contributed by atoms with E-state index in [2.05, 4.69) is 0 Å². The molecule has 0 spiro atoms. The molecular formula is C28H28Cl4. The summed E-state index contributed by atoms with van der Waals surface area (Å²) in [4.78, 5) is 0. The van der Waals surface area contributed by atoms with Gasteiger partial charge in [0.05, 0.1) is 0 Å². The number of aryl methyl sites for hydroxylation is 4. The van der Waals surface area contributed by atoms with E-state index in [1.165, 1.54) is 0 Å². The molecule has 0 radical (unpaired) electrons. The molecule has 0 bridgehead atoms. The lowest BCUT2D eigenvalue weighted by atomic mass is 10.2. The molecule has 0 aromatic heterocycles. The molecule has 0 aliphatic carbocycles. The third-order valence-corrected chi connectivity index (χ3v) is 6.00. The molecule has 4 aromatic rings. The molecule has 0 nitrogen and oxygen atoms in total. The van der Waals surface area contributed by atoms with E-state index in [4.69, 9.17) is 46.4 Å². The number of benzene rings is 4. The van der Waals surface area contributed by atoms with Crippen LogP contribution in [0.5, 0.6) is 0 Å². The molecule has 168 valence electrons. The average Bonchev–Trinajstić information content (AvgIpc) is 2.78. The van der Waals surface area contributed by atoms with E-state index in [-0.39, 0.29) is 0 Å². The second kappa shape index (κ2) is 15.8. The fourth-order valence-electron chi connectivity index (χ4n) is 2.20. The molecule has 0 unspecified atom stereocenters. The lowest BCUT2D eigenvalue weighted by molar-refractivity contribution is 1.47. The van der Waals surface area contributed by atoms with Gasteiger partial charge in [-0.3, -0.25) is 0 Å². The number of halogens is 4. The Bertz CT molecular complexity index is 816. The highest BCUT2D eigenvalue weighted by molar-refractivity contribution is 6.32. The fraction of sp³-hybridized carbons (Fsp3) is 0.143. The summed E-state index contributed by atoms with van der Waals surface area (Å²) in [5, 5.41) is 3.36. The van der Waals surface area contributed by atoms with Crippen molar-refractivity contribution < 1.29 is 0 Å². The molecule has 0 aliphatic heterocycles. The van der Waals surface area contributed by atoms with E-state index >= 15 is 0 Å². The van der Waals surface area contributed by atoms with Gasteiger partial charge in [-0.05, 0) is 74.2 Å². The first-order valence-corrected chi connectivity index (χ1v) is 11.6. The summed E-state index contributed by atoms with van der Waals surface area (Å²) in [5.74, 6) is 0. The minimum Gasteiger partial charge on any atom is -0.0841 e. The lowest BCUT2D eigenvalue weighted by Crippen LogP contribution is -1.68. The number of hydrogen-bond acceptors (Lipinski definition) is 0. The van der Waals surface area contributed by atoms with Crippen LogP contribution in [0.15, 0.2) is 97.1 Å². The predicted molar refractivity (Wildman–Crippen MR) is 145 cm³/mol. The van der Waals surface area contributed by atoms with Crippen molar-refractivity contribution in [2.45, 2.75) is 27.7 Å². The SMILES string of the molecule is Cc1ccccc1Cl.Cc1ccccc1Cl.Cc1ccccc1Cl.Cc1ccccc1Cl. The summed E-state index contributed by atoms with van der Waals surface area (Å²) < 4.78 is 0. The molecule has 0 heterocycles. The fourth-order valence-corrected chi connectivity index (χ4v) is 2.75. The molecule has 32 heavy (non-hydrogen) atoms. The molecule has 0 fully saturated rings. The van der Waals surface area contributed by atoms with Gasteiger partial charge in [-0.25, -0.2) is 0 Å². The van der Waals surface area contributed by atoms with Crippen LogP contribution in [0.25, 0.3) is 0 Å². The van der Waals surface area contributed by atoms with Crippen molar-refractivity contribution in [3.63, 3.8) is 0 Å². The summed E-state index contributed by atoms with van der Waals surface area (Å²) in [5.41, 5.74) is 4.53. The maximum Gasteiger partial charge on any atom is 0.0435 e. The van der Waals surface area contributed by atoms with Crippen molar-refractivity contribution in [1.82, 2.24) is 0 Å². The summed E-state index contributed by atoms with van der Waals surface area (Å²) in [7, 11) is 0. The Hall–Kier alpha value is -1.96. The summed E-state index contributed by atoms with van der Waals surface area (Å²) in [6, 6.07) is 31.1. The maximum absolute atomic E-state index is 5.71. The van der Waals surface area contributed by atoms with Gasteiger partial charge in [0, 0.05) is 20.1 Å². The topological polar surface area (TPSA) is 0 Å². The van der Waals surface area contributed by atoms with Crippen LogP contribution in [0.4, 0.5) is 0 Å². The van der Waals surface area contributed by atoms with E-state index in [9.17, 15) is 0 Å². The van der Waals surface area contributed by atoms with Crippen LogP contribution in [0.1, 0.15) is 22.3 Å². The highest BCUT2D eigenvalue weighted by Gasteiger charge is 1.88. The van der Waals surface area contributed by atoms with E-state index in [1.54, 1.807) is 0 Å². The molecule has 4 aromatic carbocycles. The Labute approximate surface area is 212 Å². The minimum atomic E-state index is 0.840. The monoisotopic (exact) mass is 504 g/mol. The third-order valence-electron chi connectivity index (χ3n) is 4.31. The summed E-state index contributed by atoms with van der Waals surface area (Å²) in [6.45, 7) is 7.95. The second-order valence-corrected chi connectivity index (χ2v) is 8.63. The van der Waals surface area contributed by atoms with E-state index < -0.39 is 0 Å². The van der Waals surface area contributed by atoms with Gasteiger partial charge in [0.2, 0.25) is 0 Å². The first kappa shape index (κ1) is 28.1. The van der Waals surface area contributed by atoms with E-state index in [0.29, 0.717) is 0 Å². The molecule has 0 saturated heterocycles. The highest BCUT2D eigenvalue weighted by Crippen LogP contribution is 2.13. The molecule has 4 heteroatoms. The van der Waals surface area contributed by atoms with Gasteiger partial charge in [-0.15, -0.1) is 0 Å². The lowest BCUT2D eigenvalue weighted by Gasteiger charge is -1.90. The Morgan fingerprint density at radius 3 is 0.562 bits per heavy atom. The highest BCUT2D eigenvalue weighted by atomic mass is 35.5. The zero-order valence-corrected chi connectivity index (χ0v) is 21.8. The van der Waals surface area contributed by atoms with Gasteiger partial charge in [0.25, 0.3) is 0 Å². The molecule has 0 N–H and O–H groups in total. The molecule has 0 amide bonds. The number of rotatable bonds is 0. The van der Waals surface area contributed by atoms with Gasteiger partial charge in [0.1, 0.15) is 0 Å². The Balaban J connectivity index is 0.000000213. The van der Waals surface area contributed by atoms with Gasteiger partial charge >= 0.3 is 0 Å². The zero-order chi connectivity index (χ0) is 23.9. The molecule has 0 aliphatic rings. The van der Waals surface area contributed by atoms with Crippen LogP contribution in [0, 0.1) is 27.7 Å². The maximum atomic E-state index is 5.71. The van der Waals surface area contributed by atoms with Gasteiger partial charge in [-0.1, -0.05) is 119 Å². The predicted octanol–water partition coefficient (Wildman–Crippen LogP) is 10.6. The average molecular weight is 506 g/mol. The zero-order valence-electron chi connectivity index (χ0n) is 18.7. The van der Waals surface area contributed by atoms with Crippen LogP contribution in [-0.4, -0.2) is 0 Å². The van der Waals surface area contributed by atoms with Crippen LogP contribution >= 0.6 is 46.4 Å². The van der Waals surface area contributed by atoms with Crippen molar-refractivity contribution in [2.24, 2.45) is 0 Å². The molecular weight excluding hydrogens is 478 g/mol. The van der Waals surface area contributed by atoms with Crippen LogP contribution < -0.4 is 0 Å². The Morgan fingerprint density at radius 1 is 0.312 bits per heavy atom. The van der Waals surface area contributed by atoms with Crippen LogP contribution in [0.3, 0.4) is 0 Å². The molecule has 4 rings (SSSR count). The van der Waals surface area contributed by atoms with Gasteiger partial charge in [-0.2, -0.15) is 0 Å². The quantitative estimate of drug-likeness (QED) is 0.223. The first-order chi connectivity index (χ1) is 15.2. The first-order valence-electron chi connectivity index (χ1n) is 10.1. The Morgan fingerprint density at radius 2 is 0.469 bits per heavy atom. The Kier molecular flexibility index (Phi) is 13.8. The summed E-state index contributed by atoms with van der Waals surface area (Å²) >= 11 is 22.8. The third kappa shape index (κ3) is 11.6. The largest absolute Gasteiger partial charge is 0.0841 e. The van der Waals surface area contributed by atoms with Crippen molar-refractivity contribution in [3.05, 3.63) is 139 Å². The molecule has 0 saturated carbocycles. The van der Waals surface area contributed by atoms with Crippen LogP contribution in [-0.2, 0) is 0 Å². The smallest absolute Gasteiger partial charge is 0.0435 e. The standard InChI is InChI=1S/4C7H7Cl/c4*1-6-4-2-3-5-7(6)8/h4*2-5H,1H3. The van der Waals surface area contributed by atoms with Crippen molar-refractivity contribution in [2.75, 3.05) is 0 Å². The second-order valence-electron chi connectivity index (χ2n) is 7.00. The van der Waals surface area contributed by atoms with E-state index in [1.807, 2.05) is 125 Å². The van der Waals surface area contributed by atoms with Crippen molar-refractivity contribution in [1.29, 1.82) is 0 Å². The molecule has 0 atom stereocenters. The van der Waals surface area contributed by atoms with Crippen molar-refractivity contribution in [3.8, 4) is 0 Å². The summed E-state index contributed by atoms with van der Waals surface area (Å²) in [6.07, 6.45) is 0. The van der Waals surface area contributed by atoms with Gasteiger partial charge in [0.15, 0.2) is 0 Å². The minimum absolute atomic E-state index is 0.840. The van der Waals surface area contributed by atoms with E-state index in [0.717, 1.165) is 42.3 Å². The van der Waals surface area contributed by atoms with Gasteiger partial charge < -0.3 is 0 Å². The van der Waals surface area contributed by atoms with Crippen molar-refractivity contribution >= 4 is 46.4 Å². The number of hydrogen-bond donors (Lipinski definition) is 0. The van der Waals surface area contributed by atoms with Crippen LogP contribution in [0.2, 0.25) is 20.1 Å². The normalized spacial score (nSPS) is 9.25.